The number of fused-ring (bicyclic) bond motifs is 1. The van der Waals surface area contributed by atoms with Crippen molar-refractivity contribution in [3.63, 3.8) is 0 Å². The van der Waals surface area contributed by atoms with Gasteiger partial charge in [-0.25, -0.2) is 14.6 Å². The van der Waals surface area contributed by atoms with E-state index in [1.807, 2.05) is 13.0 Å². The summed E-state index contributed by atoms with van der Waals surface area (Å²) in [5.74, 6) is 0.0936. The predicted octanol–water partition coefficient (Wildman–Crippen LogP) is 4.75. The van der Waals surface area contributed by atoms with Crippen LogP contribution in [0.25, 0.3) is 16.7 Å². The van der Waals surface area contributed by atoms with E-state index in [9.17, 15) is 10.1 Å². The summed E-state index contributed by atoms with van der Waals surface area (Å²) in [4.78, 5) is 23.7. The number of carbonyl (C=O) groups is 1. The van der Waals surface area contributed by atoms with E-state index in [1.54, 1.807) is 23.0 Å². The molecule has 1 unspecified atom stereocenters. The van der Waals surface area contributed by atoms with Gasteiger partial charge in [0.1, 0.15) is 11.6 Å². The summed E-state index contributed by atoms with van der Waals surface area (Å²) < 4.78 is 1.71. The van der Waals surface area contributed by atoms with Gasteiger partial charge in [-0.15, -0.1) is 0 Å². The minimum absolute atomic E-state index is 0.177. The Bertz CT molecular complexity index is 1410. The van der Waals surface area contributed by atoms with Crippen molar-refractivity contribution < 1.29 is 4.79 Å². The highest BCUT2D eigenvalue weighted by Gasteiger charge is 2.37. The van der Waals surface area contributed by atoms with Gasteiger partial charge in [-0.3, -0.25) is 9.69 Å². The number of halogens is 2. The van der Waals surface area contributed by atoms with E-state index in [4.69, 9.17) is 33.9 Å². The van der Waals surface area contributed by atoms with Crippen LogP contribution < -0.4 is 5.73 Å². The maximum Gasteiger partial charge on any atom is 0.234 e. The molecular formula is C26H27Cl2N7O. The lowest BCUT2D eigenvalue weighted by molar-refractivity contribution is -0.123. The van der Waals surface area contributed by atoms with E-state index >= 15 is 0 Å². The van der Waals surface area contributed by atoms with Crippen LogP contribution >= 0.6 is 23.2 Å². The molecule has 0 bridgehead atoms. The molecule has 3 aromatic rings. The molecule has 1 aliphatic heterocycles. The van der Waals surface area contributed by atoms with Crippen molar-refractivity contribution in [1.29, 1.82) is 5.26 Å². The fraction of sp³-hybridized carbons (Fsp3) is 0.423. The number of aromatic nitrogens is 4. The number of hydrogen-bond donors (Lipinski definition) is 1. The highest BCUT2D eigenvalue weighted by atomic mass is 35.5. The fourth-order valence-corrected chi connectivity index (χ4v) is 6.17. The number of allylic oxidation sites excluding steroid dienone is 1. The van der Waals surface area contributed by atoms with Gasteiger partial charge in [0.25, 0.3) is 0 Å². The summed E-state index contributed by atoms with van der Waals surface area (Å²) >= 11 is 12.5. The van der Waals surface area contributed by atoms with Crippen molar-refractivity contribution in [3.05, 3.63) is 57.5 Å². The molecule has 3 heterocycles. The quantitative estimate of drug-likeness (QED) is 0.516. The minimum Gasteiger partial charge on any atom is -0.368 e. The van der Waals surface area contributed by atoms with E-state index in [2.05, 4.69) is 34.1 Å². The molecule has 2 aliphatic rings. The molecule has 1 aromatic carbocycles. The lowest BCUT2D eigenvalue weighted by Gasteiger charge is -2.38. The van der Waals surface area contributed by atoms with Crippen molar-refractivity contribution >= 4 is 45.8 Å². The monoisotopic (exact) mass is 523 g/mol. The van der Waals surface area contributed by atoms with Crippen LogP contribution in [0.4, 0.5) is 0 Å². The van der Waals surface area contributed by atoms with Gasteiger partial charge in [-0.1, -0.05) is 42.3 Å². The van der Waals surface area contributed by atoms with E-state index in [0.717, 1.165) is 49.1 Å². The zero-order valence-electron chi connectivity index (χ0n) is 20.2. The van der Waals surface area contributed by atoms with E-state index in [0.29, 0.717) is 27.1 Å². The number of rotatable bonds is 5. The molecule has 8 nitrogen and oxygen atoms in total. The van der Waals surface area contributed by atoms with Crippen molar-refractivity contribution in [2.45, 2.75) is 57.7 Å². The molecule has 186 valence electrons. The van der Waals surface area contributed by atoms with Gasteiger partial charge in [0.15, 0.2) is 11.3 Å². The number of nitrogens with zero attached hydrogens (tertiary/aromatic N) is 6. The number of nitriles is 1. The third-order valence-electron chi connectivity index (χ3n) is 7.47. The molecule has 36 heavy (non-hydrogen) atoms. The molecule has 0 spiro atoms. The third-order valence-corrected chi connectivity index (χ3v) is 8.03. The number of amides is 1. The first kappa shape index (κ1) is 24.7. The second-order valence-electron chi connectivity index (χ2n) is 9.69. The number of primary amides is 1. The summed E-state index contributed by atoms with van der Waals surface area (Å²) in [5, 5.41) is 15.2. The SMILES string of the molecule is CC(c1ccc(Cl)cc1Cl)n1nc(C#N)c2ncc(C3=CC[C@@H](N4CCC[C@H]4C(N)=O)[C@@H](C)C3)nc21. The normalized spacial score (nSPS) is 23.4. The molecule has 5 rings (SSSR count). The van der Waals surface area contributed by atoms with Crippen molar-refractivity contribution in [2.24, 2.45) is 11.7 Å². The number of nitrogens with two attached hydrogens (primary N) is 1. The molecule has 0 radical (unpaired) electrons. The summed E-state index contributed by atoms with van der Waals surface area (Å²) in [6, 6.07) is 7.27. The second kappa shape index (κ2) is 9.81. The van der Waals surface area contributed by atoms with Gasteiger partial charge < -0.3 is 5.73 Å². The van der Waals surface area contributed by atoms with Crippen LogP contribution in [-0.4, -0.2) is 49.2 Å². The first-order valence-electron chi connectivity index (χ1n) is 12.1. The van der Waals surface area contributed by atoms with Gasteiger partial charge in [0.05, 0.1) is 24.0 Å². The average molecular weight is 524 g/mol. The minimum atomic E-state index is -0.284. The Morgan fingerprint density at radius 3 is 2.83 bits per heavy atom. The van der Waals surface area contributed by atoms with Gasteiger partial charge in [0.2, 0.25) is 5.91 Å². The largest absolute Gasteiger partial charge is 0.368 e. The number of likely N-dealkylation sites (tertiary alicyclic amines) is 1. The van der Waals surface area contributed by atoms with Gasteiger partial charge in [-0.2, -0.15) is 10.4 Å². The molecule has 10 heteroatoms. The first-order valence-corrected chi connectivity index (χ1v) is 12.9. The van der Waals surface area contributed by atoms with Gasteiger partial charge in [-0.05, 0) is 68.3 Å². The third kappa shape index (κ3) is 4.36. The Morgan fingerprint density at radius 1 is 1.33 bits per heavy atom. The van der Waals surface area contributed by atoms with Gasteiger partial charge in [0, 0.05) is 16.1 Å². The molecule has 1 amide bonds. The highest BCUT2D eigenvalue weighted by molar-refractivity contribution is 6.35. The Balaban J connectivity index is 1.49. The lowest BCUT2D eigenvalue weighted by Crippen LogP contribution is -2.48. The number of carbonyl (C=O) groups excluding carboxylic acids is 1. The maximum absolute atomic E-state index is 11.9. The van der Waals surface area contributed by atoms with E-state index < -0.39 is 0 Å². The molecule has 2 N–H and O–H groups in total. The average Bonchev–Trinajstić information content (AvgIpc) is 3.48. The van der Waals surface area contributed by atoms with Crippen LogP contribution in [0.2, 0.25) is 10.0 Å². The Hall–Kier alpha value is -2.99. The molecular weight excluding hydrogens is 497 g/mol. The van der Waals surface area contributed by atoms with Crippen LogP contribution in [0.15, 0.2) is 30.5 Å². The van der Waals surface area contributed by atoms with Crippen LogP contribution in [0, 0.1) is 17.2 Å². The number of benzene rings is 1. The Kier molecular flexibility index (Phi) is 6.73. The first-order chi connectivity index (χ1) is 17.3. The zero-order valence-corrected chi connectivity index (χ0v) is 21.7. The molecule has 4 atom stereocenters. The molecule has 1 aliphatic carbocycles. The molecule has 1 fully saturated rings. The zero-order chi connectivity index (χ0) is 25.6. The van der Waals surface area contributed by atoms with Crippen LogP contribution in [-0.2, 0) is 4.79 Å². The molecule has 1 saturated heterocycles. The van der Waals surface area contributed by atoms with E-state index in [1.165, 1.54) is 0 Å². The van der Waals surface area contributed by atoms with Crippen molar-refractivity contribution in [2.75, 3.05) is 6.54 Å². The summed E-state index contributed by atoms with van der Waals surface area (Å²) in [5.41, 5.74) is 9.57. The topological polar surface area (TPSA) is 114 Å². The maximum atomic E-state index is 11.9. The molecule has 0 saturated carbocycles. The lowest BCUT2D eigenvalue weighted by atomic mass is 9.83. The van der Waals surface area contributed by atoms with Crippen LogP contribution in [0.1, 0.15) is 62.5 Å². The van der Waals surface area contributed by atoms with Crippen LogP contribution in [0.3, 0.4) is 0 Å². The van der Waals surface area contributed by atoms with Crippen LogP contribution in [0.5, 0.6) is 0 Å². The summed E-state index contributed by atoms with van der Waals surface area (Å²) in [6.45, 7) is 5.07. The summed E-state index contributed by atoms with van der Waals surface area (Å²) in [7, 11) is 0. The standard InChI is InChI=1S/C26H27Cl2N7O/c1-14-10-16(5-8-22(14)34-9-3-4-23(34)25(30)36)21-13-31-24-20(12-29)33-35(26(24)32-21)15(2)18-7-6-17(27)11-19(18)28/h5-7,11,13-15,22-23H,3-4,8-10H2,1-2H3,(H2,30,36)/t14-,15?,22+,23-/m0/s1. The fourth-order valence-electron chi connectivity index (χ4n) is 5.61. The van der Waals surface area contributed by atoms with E-state index in [-0.39, 0.29) is 29.7 Å². The van der Waals surface area contributed by atoms with Crippen molar-refractivity contribution in [3.8, 4) is 6.07 Å². The highest BCUT2D eigenvalue weighted by Crippen LogP contribution is 2.37. The van der Waals surface area contributed by atoms with Crippen molar-refractivity contribution in [1.82, 2.24) is 24.6 Å². The number of hydrogen-bond acceptors (Lipinski definition) is 6. The Morgan fingerprint density at radius 2 is 2.14 bits per heavy atom. The summed E-state index contributed by atoms with van der Waals surface area (Å²) in [6.07, 6.45) is 7.37. The second-order valence-corrected chi connectivity index (χ2v) is 10.5. The predicted molar refractivity (Wildman–Crippen MR) is 139 cm³/mol. The van der Waals surface area contributed by atoms with Gasteiger partial charge >= 0.3 is 0 Å². The Labute approximate surface area is 219 Å². The molecule has 2 aromatic heterocycles. The smallest absolute Gasteiger partial charge is 0.234 e.